The van der Waals surface area contributed by atoms with Gasteiger partial charge in [0.2, 0.25) is 0 Å². The summed E-state index contributed by atoms with van der Waals surface area (Å²) in [5.41, 5.74) is 6.37. The number of fused-ring (bicyclic) bond motifs is 9. The Hall–Kier alpha value is -1.48. The summed E-state index contributed by atoms with van der Waals surface area (Å²) in [6, 6.07) is 8.50. The number of ether oxygens (including phenoxy) is 1. The minimum absolute atomic E-state index is 0.0535. The Morgan fingerprint density at radius 3 is 2.18 bits per heavy atom. The van der Waals surface area contributed by atoms with Gasteiger partial charge in [0.05, 0.1) is 34.1 Å². The molecule has 1 aromatic heterocycles. The third kappa shape index (κ3) is 2.63. The zero-order valence-corrected chi connectivity index (χ0v) is 24.9. The summed E-state index contributed by atoms with van der Waals surface area (Å²) >= 11 is 0. The van der Waals surface area contributed by atoms with Crippen molar-refractivity contribution >= 4 is 11.0 Å². The molecule has 7 aliphatic rings. The maximum atomic E-state index is 6.84. The molecular weight excluding hydrogens is 464 g/mol. The largest absolute Gasteiger partial charge is 0.370 e. The summed E-state index contributed by atoms with van der Waals surface area (Å²) in [7, 11) is 0. The van der Waals surface area contributed by atoms with Crippen LogP contribution in [0.5, 0.6) is 0 Å². The van der Waals surface area contributed by atoms with Crippen molar-refractivity contribution in [1.29, 1.82) is 0 Å². The standard InChI is InChI=1S/C35H48N2O/c1-30(2)16-18-35-19-17-33(6)21(27(35)29(30)38-35)12-13-26-32(5)20-24-28(37-23-11-9-8-10-22(23)36-24)31(3,4)25(32)14-15-34(26,33)7/h8-11,21,25-27,29H,12-20H2,1-7H3/t21-,25+,26-,27+,29-,32+,33-,34-,35+/m1/s1. The van der Waals surface area contributed by atoms with E-state index >= 15 is 0 Å². The summed E-state index contributed by atoms with van der Waals surface area (Å²) < 4.78 is 6.84. The minimum Gasteiger partial charge on any atom is -0.370 e. The van der Waals surface area contributed by atoms with Gasteiger partial charge < -0.3 is 4.74 Å². The van der Waals surface area contributed by atoms with Gasteiger partial charge in [-0.3, -0.25) is 0 Å². The maximum Gasteiger partial charge on any atom is 0.0890 e. The fourth-order valence-electron chi connectivity index (χ4n) is 12.6. The highest BCUT2D eigenvalue weighted by Crippen LogP contribution is 2.77. The zero-order valence-electron chi connectivity index (χ0n) is 24.9. The molecule has 2 aromatic rings. The highest BCUT2D eigenvalue weighted by Gasteiger charge is 2.75. The molecule has 0 N–H and O–H groups in total. The molecule has 1 spiro atoms. The highest BCUT2D eigenvalue weighted by atomic mass is 16.5. The topological polar surface area (TPSA) is 35.0 Å². The molecule has 3 heteroatoms. The van der Waals surface area contributed by atoms with E-state index in [4.69, 9.17) is 14.7 Å². The van der Waals surface area contributed by atoms with Crippen molar-refractivity contribution in [2.24, 2.45) is 45.3 Å². The van der Waals surface area contributed by atoms with Gasteiger partial charge in [0.25, 0.3) is 0 Å². The average Bonchev–Trinajstić information content (AvgIpc) is 2.83. The third-order valence-electron chi connectivity index (χ3n) is 14.6. The lowest BCUT2D eigenvalue weighted by Crippen LogP contribution is -2.77. The second kappa shape index (κ2) is 7.04. The van der Waals surface area contributed by atoms with E-state index < -0.39 is 0 Å². The molecule has 4 saturated carbocycles. The van der Waals surface area contributed by atoms with E-state index in [1.165, 1.54) is 62.8 Å². The van der Waals surface area contributed by atoms with Crippen molar-refractivity contribution in [2.75, 3.05) is 0 Å². The van der Waals surface area contributed by atoms with E-state index in [9.17, 15) is 0 Å². The lowest BCUT2D eigenvalue weighted by Gasteiger charge is -2.77. The van der Waals surface area contributed by atoms with Crippen molar-refractivity contribution in [3.05, 3.63) is 35.7 Å². The van der Waals surface area contributed by atoms with Crippen LogP contribution in [0.25, 0.3) is 11.0 Å². The van der Waals surface area contributed by atoms with Crippen LogP contribution in [0.15, 0.2) is 24.3 Å². The molecule has 3 nitrogen and oxygen atoms in total. The maximum absolute atomic E-state index is 6.84. The van der Waals surface area contributed by atoms with Gasteiger partial charge in [-0.15, -0.1) is 0 Å². The summed E-state index contributed by atoms with van der Waals surface area (Å²) in [6.07, 6.45) is 12.4. The van der Waals surface area contributed by atoms with E-state index in [1.54, 1.807) is 0 Å². The van der Waals surface area contributed by atoms with Gasteiger partial charge in [-0.2, -0.15) is 0 Å². The van der Waals surface area contributed by atoms with Crippen molar-refractivity contribution in [2.45, 2.75) is 123 Å². The van der Waals surface area contributed by atoms with Gasteiger partial charge in [0, 0.05) is 11.3 Å². The lowest BCUT2D eigenvalue weighted by atomic mass is 9.31. The first-order valence-corrected chi connectivity index (χ1v) is 15.8. The van der Waals surface area contributed by atoms with Crippen LogP contribution in [0, 0.1) is 45.3 Å². The number of hydrogen-bond acceptors (Lipinski definition) is 3. The molecule has 9 atom stereocenters. The molecule has 204 valence electrons. The third-order valence-corrected chi connectivity index (χ3v) is 14.6. The predicted octanol–water partition coefficient (Wildman–Crippen LogP) is 8.29. The van der Waals surface area contributed by atoms with Crippen molar-refractivity contribution in [1.82, 2.24) is 9.97 Å². The van der Waals surface area contributed by atoms with Crippen LogP contribution in [0.3, 0.4) is 0 Å². The molecule has 1 aromatic carbocycles. The zero-order chi connectivity index (χ0) is 26.5. The molecule has 0 radical (unpaired) electrons. The SMILES string of the molecule is CC1(C)CC[C@]23CC[C@]4(C)[C@H](CC[C@@H]5[C@@]6(C)Cc7nc8ccccc8nc7C(C)(C)[C@@H]6CC[C@]54C)[C@H]2[C@H]1O3. The van der Waals surface area contributed by atoms with Gasteiger partial charge in [0.1, 0.15) is 0 Å². The van der Waals surface area contributed by atoms with Crippen molar-refractivity contribution in [3.8, 4) is 0 Å². The Morgan fingerprint density at radius 2 is 1.45 bits per heavy atom. The van der Waals surface area contributed by atoms with Crippen LogP contribution in [0.4, 0.5) is 0 Å². The Morgan fingerprint density at radius 1 is 0.737 bits per heavy atom. The van der Waals surface area contributed by atoms with Crippen LogP contribution >= 0.6 is 0 Å². The number of benzene rings is 1. The normalized spacial score (nSPS) is 49.5. The Bertz CT molecular complexity index is 1340. The summed E-state index contributed by atoms with van der Waals surface area (Å²) in [6.45, 7) is 18.1. The van der Waals surface area contributed by atoms with Gasteiger partial charge in [-0.1, -0.05) is 60.6 Å². The van der Waals surface area contributed by atoms with E-state index in [0.29, 0.717) is 28.3 Å². The quantitative estimate of drug-likeness (QED) is 0.356. The van der Waals surface area contributed by atoms with Crippen LogP contribution in [0.2, 0.25) is 0 Å². The molecule has 2 bridgehead atoms. The molecule has 9 rings (SSSR count). The number of rotatable bonds is 0. The Kier molecular flexibility index (Phi) is 4.51. The molecule has 2 saturated heterocycles. The summed E-state index contributed by atoms with van der Waals surface area (Å²) in [5.74, 6) is 3.02. The Labute approximate surface area is 229 Å². The highest BCUT2D eigenvalue weighted by molar-refractivity contribution is 5.74. The molecule has 0 unspecified atom stereocenters. The van der Waals surface area contributed by atoms with E-state index in [0.717, 1.165) is 35.2 Å². The fraction of sp³-hybridized carbons (Fsp3) is 0.771. The van der Waals surface area contributed by atoms with E-state index in [-0.39, 0.29) is 16.4 Å². The van der Waals surface area contributed by atoms with Crippen LogP contribution in [-0.2, 0) is 16.6 Å². The lowest BCUT2D eigenvalue weighted by molar-refractivity contribution is -0.383. The van der Waals surface area contributed by atoms with E-state index in [2.05, 4.69) is 72.7 Å². The molecular formula is C35H48N2O. The molecule has 0 amide bonds. The van der Waals surface area contributed by atoms with Crippen molar-refractivity contribution < 1.29 is 4.74 Å². The first-order valence-electron chi connectivity index (χ1n) is 15.8. The molecule has 3 heterocycles. The predicted molar refractivity (Wildman–Crippen MR) is 153 cm³/mol. The van der Waals surface area contributed by atoms with Gasteiger partial charge in [-0.25, -0.2) is 9.97 Å². The van der Waals surface area contributed by atoms with Gasteiger partial charge in [-0.05, 0) is 109 Å². The van der Waals surface area contributed by atoms with E-state index in [1.807, 2.05) is 0 Å². The number of nitrogens with zero attached hydrogens (tertiary/aromatic N) is 2. The summed E-state index contributed by atoms with van der Waals surface area (Å²) in [5, 5.41) is 0. The minimum atomic E-state index is 0.0535. The number of hydrogen-bond donors (Lipinski definition) is 0. The van der Waals surface area contributed by atoms with Crippen LogP contribution in [0.1, 0.15) is 111 Å². The second-order valence-corrected chi connectivity index (χ2v) is 16.7. The fourth-order valence-corrected chi connectivity index (χ4v) is 12.6. The number of aromatic nitrogens is 2. The van der Waals surface area contributed by atoms with Gasteiger partial charge in [0.15, 0.2) is 0 Å². The first-order chi connectivity index (χ1) is 17.9. The molecule has 38 heavy (non-hydrogen) atoms. The molecule has 6 fully saturated rings. The van der Waals surface area contributed by atoms with Gasteiger partial charge >= 0.3 is 0 Å². The average molecular weight is 513 g/mol. The smallest absolute Gasteiger partial charge is 0.0890 e. The monoisotopic (exact) mass is 512 g/mol. The van der Waals surface area contributed by atoms with Crippen molar-refractivity contribution in [3.63, 3.8) is 0 Å². The molecule has 2 aliphatic heterocycles. The second-order valence-electron chi connectivity index (χ2n) is 16.7. The number of para-hydroxylation sites is 2. The van der Waals surface area contributed by atoms with Crippen LogP contribution in [-0.4, -0.2) is 21.7 Å². The van der Waals surface area contributed by atoms with Crippen LogP contribution < -0.4 is 0 Å². The Balaban J connectivity index is 1.21. The molecule has 5 aliphatic carbocycles. The first kappa shape index (κ1) is 24.3. The summed E-state index contributed by atoms with van der Waals surface area (Å²) in [4.78, 5) is 10.6.